The first-order valence-corrected chi connectivity index (χ1v) is 6.60. The molecule has 0 aliphatic carbocycles. The largest absolute Gasteiger partial charge is 0.352 e. The molecule has 1 aromatic heterocycles. The summed E-state index contributed by atoms with van der Waals surface area (Å²) in [7, 11) is 0. The van der Waals surface area contributed by atoms with Crippen LogP contribution in [0.5, 0.6) is 0 Å². The SMILES string of the molecule is CC(=O)N1C2CC1CN(c1ccc(Br)cn1)C2. The fourth-order valence-corrected chi connectivity index (χ4v) is 3.10. The van der Waals surface area contributed by atoms with Crippen LogP contribution < -0.4 is 4.90 Å². The van der Waals surface area contributed by atoms with Crippen LogP contribution in [0.3, 0.4) is 0 Å². The van der Waals surface area contributed by atoms with Gasteiger partial charge in [0.1, 0.15) is 5.82 Å². The summed E-state index contributed by atoms with van der Waals surface area (Å²) >= 11 is 3.38. The summed E-state index contributed by atoms with van der Waals surface area (Å²) in [6.45, 7) is 3.47. The van der Waals surface area contributed by atoms with Gasteiger partial charge in [-0.2, -0.15) is 0 Å². The van der Waals surface area contributed by atoms with Gasteiger partial charge in [-0.05, 0) is 34.5 Å². The lowest BCUT2D eigenvalue weighted by Gasteiger charge is -2.56. The van der Waals surface area contributed by atoms with Crippen molar-refractivity contribution in [3.63, 3.8) is 0 Å². The van der Waals surface area contributed by atoms with E-state index in [-0.39, 0.29) is 5.91 Å². The van der Waals surface area contributed by atoms with Gasteiger partial charge in [-0.25, -0.2) is 4.98 Å². The number of piperazine rings is 1. The summed E-state index contributed by atoms with van der Waals surface area (Å²) in [6.07, 6.45) is 2.96. The van der Waals surface area contributed by atoms with Crippen molar-refractivity contribution in [2.75, 3.05) is 18.0 Å². The van der Waals surface area contributed by atoms with Crippen molar-refractivity contribution >= 4 is 27.7 Å². The molecule has 1 amide bonds. The lowest BCUT2D eigenvalue weighted by atomic mass is 9.87. The number of anilines is 1. The van der Waals surface area contributed by atoms with Crippen molar-refractivity contribution in [1.82, 2.24) is 9.88 Å². The maximum absolute atomic E-state index is 11.4. The van der Waals surface area contributed by atoms with Gasteiger partial charge in [0.2, 0.25) is 5.91 Å². The highest BCUT2D eigenvalue weighted by atomic mass is 79.9. The standard InChI is InChI=1S/C12H14BrN3O/c1-8(17)16-10-4-11(16)7-15(6-10)12-3-2-9(13)5-14-12/h2-3,5,10-11H,4,6-7H2,1H3. The molecule has 5 heteroatoms. The van der Waals surface area contributed by atoms with Gasteiger partial charge in [-0.1, -0.05) is 0 Å². The lowest BCUT2D eigenvalue weighted by Crippen LogP contribution is -2.70. The Morgan fingerprint density at radius 1 is 1.41 bits per heavy atom. The highest BCUT2D eigenvalue weighted by Crippen LogP contribution is 2.34. The van der Waals surface area contributed by atoms with Crippen LogP contribution in [-0.4, -0.2) is 41.0 Å². The molecule has 4 nitrogen and oxygen atoms in total. The molecule has 3 fully saturated rings. The monoisotopic (exact) mass is 295 g/mol. The molecule has 0 saturated carbocycles. The van der Waals surface area contributed by atoms with Crippen LogP contribution in [0.1, 0.15) is 13.3 Å². The molecule has 1 aromatic rings. The number of halogens is 1. The molecule has 4 rings (SSSR count). The minimum Gasteiger partial charge on any atom is -0.352 e. The minimum absolute atomic E-state index is 0.203. The smallest absolute Gasteiger partial charge is 0.220 e. The van der Waals surface area contributed by atoms with Gasteiger partial charge in [0.15, 0.2) is 0 Å². The van der Waals surface area contributed by atoms with Crippen LogP contribution in [-0.2, 0) is 4.79 Å². The van der Waals surface area contributed by atoms with Crippen molar-refractivity contribution in [3.8, 4) is 0 Å². The third-order valence-corrected chi connectivity index (χ3v) is 4.06. The number of aromatic nitrogens is 1. The molecular formula is C12H14BrN3O. The zero-order chi connectivity index (χ0) is 12.0. The average molecular weight is 296 g/mol. The molecule has 0 N–H and O–H groups in total. The average Bonchev–Trinajstić information content (AvgIpc) is 2.29. The fourth-order valence-electron chi connectivity index (χ4n) is 2.87. The third-order valence-electron chi connectivity index (χ3n) is 3.59. The van der Waals surface area contributed by atoms with E-state index in [1.807, 2.05) is 23.2 Å². The zero-order valence-electron chi connectivity index (χ0n) is 9.64. The Labute approximate surface area is 109 Å². The second-order valence-corrected chi connectivity index (χ2v) is 5.62. The van der Waals surface area contributed by atoms with E-state index in [0.717, 1.165) is 29.8 Å². The molecule has 2 bridgehead atoms. The Morgan fingerprint density at radius 2 is 2.12 bits per heavy atom. The van der Waals surface area contributed by atoms with E-state index >= 15 is 0 Å². The Hall–Kier alpha value is -1.10. The van der Waals surface area contributed by atoms with E-state index in [2.05, 4.69) is 25.8 Å². The van der Waals surface area contributed by atoms with Crippen LogP contribution in [0.4, 0.5) is 5.82 Å². The Bertz CT molecular complexity index is 436. The normalized spacial score (nSPS) is 26.7. The third kappa shape index (κ3) is 1.82. The first kappa shape index (κ1) is 11.0. The van der Waals surface area contributed by atoms with Crippen molar-refractivity contribution in [2.24, 2.45) is 0 Å². The van der Waals surface area contributed by atoms with E-state index in [4.69, 9.17) is 0 Å². The van der Waals surface area contributed by atoms with Crippen LogP contribution in [0.15, 0.2) is 22.8 Å². The van der Waals surface area contributed by atoms with Crippen LogP contribution in [0.2, 0.25) is 0 Å². The van der Waals surface area contributed by atoms with Crippen LogP contribution >= 0.6 is 15.9 Å². The highest BCUT2D eigenvalue weighted by molar-refractivity contribution is 9.10. The van der Waals surface area contributed by atoms with Gasteiger partial charge in [0, 0.05) is 30.7 Å². The number of hydrogen-bond donors (Lipinski definition) is 0. The summed E-state index contributed by atoms with van der Waals surface area (Å²) in [4.78, 5) is 20.1. The molecule has 3 aliphatic rings. The number of carbonyl (C=O) groups excluding carboxylic acids is 1. The summed E-state index contributed by atoms with van der Waals surface area (Å²) in [5.74, 6) is 1.21. The van der Waals surface area contributed by atoms with Crippen molar-refractivity contribution in [3.05, 3.63) is 22.8 Å². The molecule has 17 heavy (non-hydrogen) atoms. The quantitative estimate of drug-likeness (QED) is 0.791. The maximum Gasteiger partial charge on any atom is 0.220 e. The molecule has 4 heterocycles. The number of fused-ring (bicyclic) bond motifs is 2. The van der Waals surface area contributed by atoms with Gasteiger partial charge >= 0.3 is 0 Å². The summed E-state index contributed by atoms with van der Waals surface area (Å²) in [5, 5.41) is 0. The lowest BCUT2D eigenvalue weighted by molar-refractivity contribution is -0.143. The second-order valence-electron chi connectivity index (χ2n) is 4.71. The minimum atomic E-state index is 0.203. The molecule has 0 spiro atoms. The number of carbonyl (C=O) groups is 1. The predicted octanol–water partition coefficient (Wildman–Crippen LogP) is 1.65. The molecule has 0 aromatic carbocycles. The number of amides is 1. The molecule has 3 saturated heterocycles. The van der Waals surface area contributed by atoms with Crippen molar-refractivity contribution in [2.45, 2.75) is 25.4 Å². The van der Waals surface area contributed by atoms with Crippen molar-refractivity contribution in [1.29, 1.82) is 0 Å². The second kappa shape index (κ2) is 3.98. The van der Waals surface area contributed by atoms with Gasteiger partial charge in [-0.3, -0.25) is 4.79 Å². The number of rotatable bonds is 1. The van der Waals surface area contributed by atoms with Gasteiger partial charge in [0.25, 0.3) is 0 Å². The topological polar surface area (TPSA) is 36.4 Å². The van der Waals surface area contributed by atoms with Gasteiger partial charge < -0.3 is 9.80 Å². The molecule has 90 valence electrons. The number of hydrogen-bond acceptors (Lipinski definition) is 3. The number of nitrogens with zero attached hydrogens (tertiary/aromatic N) is 3. The van der Waals surface area contributed by atoms with Crippen LogP contribution in [0.25, 0.3) is 0 Å². The van der Waals surface area contributed by atoms with E-state index in [0.29, 0.717) is 12.1 Å². The molecule has 3 aliphatic heterocycles. The molecular weight excluding hydrogens is 282 g/mol. The Balaban J connectivity index is 1.74. The molecule has 0 radical (unpaired) electrons. The van der Waals surface area contributed by atoms with Gasteiger partial charge in [0.05, 0.1) is 12.1 Å². The summed E-state index contributed by atoms with van der Waals surface area (Å²) in [5.41, 5.74) is 0. The van der Waals surface area contributed by atoms with E-state index in [9.17, 15) is 4.79 Å². The maximum atomic E-state index is 11.4. The predicted molar refractivity (Wildman–Crippen MR) is 68.9 cm³/mol. The summed E-state index contributed by atoms with van der Waals surface area (Å²) < 4.78 is 0.994. The Morgan fingerprint density at radius 3 is 2.65 bits per heavy atom. The first-order chi connectivity index (χ1) is 8.15. The first-order valence-electron chi connectivity index (χ1n) is 5.80. The number of piperidine rings is 1. The molecule has 2 atom stereocenters. The van der Waals surface area contributed by atoms with E-state index in [1.165, 1.54) is 0 Å². The summed E-state index contributed by atoms with van der Waals surface area (Å²) in [6, 6.07) is 4.80. The van der Waals surface area contributed by atoms with Gasteiger partial charge in [-0.15, -0.1) is 0 Å². The van der Waals surface area contributed by atoms with E-state index in [1.54, 1.807) is 6.92 Å². The van der Waals surface area contributed by atoms with E-state index < -0.39 is 0 Å². The van der Waals surface area contributed by atoms with Crippen molar-refractivity contribution < 1.29 is 4.79 Å². The van der Waals surface area contributed by atoms with Crippen LogP contribution in [0, 0.1) is 0 Å². The fraction of sp³-hybridized carbons (Fsp3) is 0.500. The highest BCUT2D eigenvalue weighted by Gasteiger charge is 2.46. The molecule has 2 unspecified atom stereocenters. The Kier molecular flexibility index (Phi) is 2.58. The zero-order valence-corrected chi connectivity index (χ0v) is 11.2. The number of pyridine rings is 1.